The molecule has 2 aliphatic heterocycles. The summed E-state index contributed by atoms with van der Waals surface area (Å²) in [5.74, 6) is -2.17. The summed E-state index contributed by atoms with van der Waals surface area (Å²) in [7, 11) is 0. The number of hydrogen-bond donors (Lipinski definition) is 2. The minimum absolute atomic E-state index is 0. The van der Waals surface area contributed by atoms with Crippen molar-refractivity contribution in [1.29, 1.82) is 0 Å². The van der Waals surface area contributed by atoms with Crippen molar-refractivity contribution in [3.05, 3.63) is 29.3 Å². The van der Waals surface area contributed by atoms with E-state index in [9.17, 15) is 19.2 Å². The fraction of sp³-hybridized carbons (Fsp3) is 0.231. The molecule has 3 rings (SSSR count). The Bertz CT molecular complexity index is 670. The summed E-state index contributed by atoms with van der Waals surface area (Å²) in [5.41, 5.74) is 6.24. The molecule has 8 heteroatoms. The molecule has 1 unspecified atom stereocenters. The van der Waals surface area contributed by atoms with E-state index < -0.39 is 29.7 Å². The lowest BCUT2D eigenvalue weighted by Gasteiger charge is -2.27. The van der Waals surface area contributed by atoms with E-state index in [2.05, 4.69) is 5.32 Å². The number of nitrogen functional groups attached to an aromatic ring is 1. The summed E-state index contributed by atoms with van der Waals surface area (Å²) >= 11 is 0. The predicted molar refractivity (Wildman–Crippen MR) is 71.1 cm³/mol. The quantitative estimate of drug-likeness (QED) is 0.496. The fourth-order valence-electron chi connectivity index (χ4n) is 2.54. The number of carbonyl (C=O) groups is 4. The number of piperidine rings is 1. The van der Waals surface area contributed by atoms with Gasteiger partial charge in [-0.3, -0.25) is 29.4 Å². The van der Waals surface area contributed by atoms with Crippen LogP contribution >= 0.6 is 0 Å². The minimum Gasteiger partial charge on any atom is -0.412 e. The molecule has 8 nitrogen and oxygen atoms in total. The molecule has 2 heterocycles. The lowest BCUT2D eigenvalue weighted by molar-refractivity contribution is -0.136. The van der Waals surface area contributed by atoms with Crippen LogP contribution in [0.2, 0.25) is 0 Å². The number of benzene rings is 1. The van der Waals surface area contributed by atoms with E-state index in [-0.39, 0.29) is 35.1 Å². The second-order valence-electron chi connectivity index (χ2n) is 4.72. The van der Waals surface area contributed by atoms with Gasteiger partial charge in [-0.1, -0.05) is 6.07 Å². The Labute approximate surface area is 119 Å². The van der Waals surface area contributed by atoms with E-state index in [1.807, 2.05) is 0 Å². The van der Waals surface area contributed by atoms with Crippen LogP contribution in [0.5, 0.6) is 0 Å². The van der Waals surface area contributed by atoms with Crippen LogP contribution in [0.4, 0.5) is 5.69 Å². The highest BCUT2D eigenvalue weighted by molar-refractivity contribution is 6.25. The maximum Gasteiger partial charge on any atom is 0.264 e. The van der Waals surface area contributed by atoms with E-state index in [1.165, 1.54) is 12.1 Å². The zero-order chi connectivity index (χ0) is 14.4. The third-order valence-corrected chi connectivity index (χ3v) is 3.50. The molecule has 0 saturated carbocycles. The van der Waals surface area contributed by atoms with Gasteiger partial charge in [-0.25, -0.2) is 0 Å². The predicted octanol–water partition coefficient (Wildman–Crippen LogP) is -1.15. The molecule has 0 bridgehead atoms. The van der Waals surface area contributed by atoms with Crippen LogP contribution in [-0.4, -0.2) is 40.0 Å². The summed E-state index contributed by atoms with van der Waals surface area (Å²) in [6.45, 7) is 0. The van der Waals surface area contributed by atoms with Crippen LogP contribution in [0.15, 0.2) is 18.2 Å². The smallest absolute Gasteiger partial charge is 0.264 e. The molecule has 4 amide bonds. The zero-order valence-electron chi connectivity index (χ0n) is 10.9. The van der Waals surface area contributed by atoms with Gasteiger partial charge in [0.2, 0.25) is 11.8 Å². The standard InChI is InChI=1S/C13H11N3O4.H2O/c14-7-3-1-2-6-10(7)13(20)16(12(6)19)8-4-5-9(17)15-11(8)18;/h1-3,8H,4-5,14H2,(H,15,17,18);1H2. The number of rotatable bonds is 1. The molecule has 0 aliphatic carbocycles. The van der Waals surface area contributed by atoms with Crippen molar-refractivity contribution >= 4 is 29.3 Å². The zero-order valence-corrected chi connectivity index (χ0v) is 10.9. The van der Waals surface area contributed by atoms with Gasteiger partial charge in [-0.2, -0.15) is 0 Å². The highest BCUT2D eigenvalue weighted by atomic mass is 16.2. The van der Waals surface area contributed by atoms with Crippen LogP contribution in [-0.2, 0) is 9.59 Å². The summed E-state index contributed by atoms with van der Waals surface area (Å²) in [4.78, 5) is 48.4. The van der Waals surface area contributed by atoms with E-state index >= 15 is 0 Å². The molecule has 5 N–H and O–H groups in total. The molecule has 0 aromatic heterocycles. The SMILES string of the molecule is Nc1cccc2c1C(=O)N(C1CCC(=O)NC1=O)C2=O.O. The summed E-state index contributed by atoms with van der Waals surface area (Å²) in [5, 5.41) is 2.13. The largest absolute Gasteiger partial charge is 0.412 e. The van der Waals surface area contributed by atoms with Gasteiger partial charge >= 0.3 is 0 Å². The van der Waals surface area contributed by atoms with Crippen LogP contribution in [0.3, 0.4) is 0 Å². The van der Waals surface area contributed by atoms with Gasteiger partial charge < -0.3 is 11.2 Å². The van der Waals surface area contributed by atoms with Crippen molar-refractivity contribution in [1.82, 2.24) is 10.2 Å². The average Bonchev–Trinajstić information content (AvgIpc) is 2.64. The Kier molecular flexibility index (Phi) is 3.48. The number of nitrogens with zero attached hydrogens (tertiary/aromatic N) is 1. The molecule has 0 radical (unpaired) electrons. The number of anilines is 1. The number of carbonyl (C=O) groups excluding carboxylic acids is 4. The van der Waals surface area contributed by atoms with Crippen molar-refractivity contribution in [2.45, 2.75) is 18.9 Å². The normalized spacial score (nSPS) is 21.0. The molecular weight excluding hydrogens is 278 g/mol. The summed E-state index contributed by atoms with van der Waals surface area (Å²) in [6, 6.07) is 3.64. The number of fused-ring (bicyclic) bond motifs is 1. The number of nitrogens with one attached hydrogen (secondary N) is 1. The highest BCUT2D eigenvalue weighted by Crippen LogP contribution is 2.30. The van der Waals surface area contributed by atoms with Gasteiger partial charge in [-0.05, 0) is 18.6 Å². The Hall–Kier alpha value is -2.74. The summed E-state index contributed by atoms with van der Waals surface area (Å²) in [6.07, 6.45) is 0.231. The van der Waals surface area contributed by atoms with Crippen molar-refractivity contribution in [3.63, 3.8) is 0 Å². The number of imide groups is 2. The van der Waals surface area contributed by atoms with Crippen LogP contribution in [0.1, 0.15) is 33.6 Å². The van der Waals surface area contributed by atoms with Gasteiger partial charge in [0.05, 0.1) is 11.1 Å². The first-order valence-corrected chi connectivity index (χ1v) is 6.11. The fourth-order valence-corrected chi connectivity index (χ4v) is 2.54. The molecule has 1 aromatic rings. The van der Waals surface area contributed by atoms with Gasteiger partial charge in [-0.15, -0.1) is 0 Å². The Morgan fingerprint density at radius 3 is 2.48 bits per heavy atom. The van der Waals surface area contributed by atoms with Crippen molar-refractivity contribution in [2.75, 3.05) is 5.73 Å². The van der Waals surface area contributed by atoms with Crippen LogP contribution in [0.25, 0.3) is 0 Å². The van der Waals surface area contributed by atoms with Crippen molar-refractivity contribution in [3.8, 4) is 0 Å². The number of amides is 4. The molecule has 110 valence electrons. The minimum atomic E-state index is -0.959. The second kappa shape index (κ2) is 4.98. The Morgan fingerprint density at radius 1 is 1.14 bits per heavy atom. The first-order valence-electron chi connectivity index (χ1n) is 6.11. The molecule has 1 fully saturated rings. The molecular formula is C13H13N3O5. The van der Waals surface area contributed by atoms with Crippen LogP contribution < -0.4 is 11.1 Å². The van der Waals surface area contributed by atoms with E-state index in [1.54, 1.807) is 6.07 Å². The molecule has 1 atom stereocenters. The van der Waals surface area contributed by atoms with Gasteiger partial charge in [0.15, 0.2) is 0 Å². The maximum atomic E-state index is 12.3. The van der Waals surface area contributed by atoms with Gasteiger partial charge in [0, 0.05) is 12.1 Å². The van der Waals surface area contributed by atoms with E-state index in [0.717, 1.165) is 4.90 Å². The summed E-state index contributed by atoms with van der Waals surface area (Å²) < 4.78 is 0. The third-order valence-electron chi connectivity index (χ3n) is 3.50. The maximum absolute atomic E-state index is 12.3. The molecule has 0 spiro atoms. The number of nitrogens with two attached hydrogens (primary N) is 1. The Balaban J connectivity index is 0.00000161. The lowest BCUT2D eigenvalue weighted by Crippen LogP contribution is -2.54. The lowest BCUT2D eigenvalue weighted by atomic mass is 10.0. The average molecular weight is 291 g/mol. The van der Waals surface area contributed by atoms with E-state index in [4.69, 9.17) is 5.73 Å². The first-order chi connectivity index (χ1) is 9.50. The van der Waals surface area contributed by atoms with E-state index in [0.29, 0.717) is 0 Å². The monoisotopic (exact) mass is 291 g/mol. The van der Waals surface area contributed by atoms with Crippen molar-refractivity contribution in [2.24, 2.45) is 0 Å². The first kappa shape index (κ1) is 14.7. The van der Waals surface area contributed by atoms with Crippen LogP contribution in [0, 0.1) is 0 Å². The number of hydrogen-bond acceptors (Lipinski definition) is 5. The third kappa shape index (κ3) is 2.05. The highest BCUT2D eigenvalue weighted by Gasteiger charge is 2.45. The molecule has 1 aromatic carbocycles. The topological polar surface area (TPSA) is 141 Å². The molecule has 1 saturated heterocycles. The van der Waals surface area contributed by atoms with Crippen molar-refractivity contribution < 1.29 is 24.7 Å². The van der Waals surface area contributed by atoms with Gasteiger partial charge in [0.1, 0.15) is 6.04 Å². The Morgan fingerprint density at radius 2 is 1.86 bits per heavy atom. The van der Waals surface area contributed by atoms with Gasteiger partial charge in [0.25, 0.3) is 11.8 Å². The second-order valence-corrected chi connectivity index (χ2v) is 4.72. The molecule has 2 aliphatic rings. The molecule has 21 heavy (non-hydrogen) atoms.